The molecule has 1 aromatic carbocycles. The second-order valence-corrected chi connectivity index (χ2v) is 4.78. The summed E-state index contributed by atoms with van der Waals surface area (Å²) in [5.41, 5.74) is 4.22. The van der Waals surface area contributed by atoms with Gasteiger partial charge >= 0.3 is 5.97 Å². The number of imidazole rings is 1. The van der Waals surface area contributed by atoms with Crippen molar-refractivity contribution in [2.24, 2.45) is 0 Å². The Bertz CT molecular complexity index is 776. The molecule has 0 saturated carbocycles. The average Bonchev–Trinajstić information content (AvgIpc) is 2.77. The Morgan fingerprint density at radius 1 is 1.20 bits per heavy atom. The van der Waals surface area contributed by atoms with Crippen molar-refractivity contribution in [1.82, 2.24) is 9.38 Å². The van der Waals surface area contributed by atoms with Crippen molar-refractivity contribution < 1.29 is 9.90 Å². The van der Waals surface area contributed by atoms with E-state index < -0.39 is 5.97 Å². The van der Waals surface area contributed by atoms with E-state index >= 15 is 0 Å². The summed E-state index contributed by atoms with van der Waals surface area (Å²) in [6.07, 6.45) is 1.88. The van der Waals surface area contributed by atoms with E-state index in [9.17, 15) is 4.79 Å². The normalized spacial score (nSPS) is 10.8. The summed E-state index contributed by atoms with van der Waals surface area (Å²) < 4.78 is 1.87. The van der Waals surface area contributed by atoms with Crippen molar-refractivity contribution >= 4 is 11.6 Å². The van der Waals surface area contributed by atoms with Crippen LogP contribution in [0.1, 0.15) is 11.3 Å². The molecule has 0 aliphatic rings. The molecule has 100 valence electrons. The minimum Gasteiger partial charge on any atom is -0.481 e. The van der Waals surface area contributed by atoms with Crippen LogP contribution in [0, 0.1) is 6.92 Å². The molecule has 0 fully saturated rings. The Labute approximate surface area is 116 Å². The lowest BCUT2D eigenvalue weighted by molar-refractivity contribution is -0.136. The van der Waals surface area contributed by atoms with E-state index in [1.165, 1.54) is 0 Å². The van der Waals surface area contributed by atoms with Gasteiger partial charge in [0.15, 0.2) is 0 Å². The van der Waals surface area contributed by atoms with Crippen molar-refractivity contribution in [3.63, 3.8) is 0 Å². The molecule has 0 radical (unpaired) electrons. The number of rotatable bonds is 3. The fraction of sp³-hybridized carbons (Fsp3) is 0.125. The van der Waals surface area contributed by atoms with Crippen LogP contribution in [-0.4, -0.2) is 20.5 Å². The zero-order valence-electron chi connectivity index (χ0n) is 11.1. The summed E-state index contributed by atoms with van der Waals surface area (Å²) in [4.78, 5) is 15.7. The first-order chi connectivity index (χ1) is 9.65. The molecule has 0 unspecified atom stereocenters. The second-order valence-electron chi connectivity index (χ2n) is 4.78. The summed E-state index contributed by atoms with van der Waals surface area (Å²) in [5.74, 6) is -0.856. The molecular formula is C16H14N2O2. The summed E-state index contributed by atoms with van der Waals surface area (Å²) >= 11 is 0. The van der Waals surface area contributed by atoms with E-state index in [1.54, 1.807) is 0 Å². The Balaban J connectivity index is 2.28. The quantitative estimate of drug-likeness (QED) is 0.793. The van der Waals surface area contributed by atoms with Gasteiger partial charge in [-0.15, -0.1) is 0 Å². The maximum Gasteiger partial charge on any atom is 0.309 e. The first-order valence-electron chi connectivity index (χ1n) is 6.40. The van der Waals surface area contributed by atoms with Gasteiger partial charge in [0.1, 0.15) is 5.65 Å². The SMILES string of the molecule is Cc1ccc2nc(-c3ccccc3)c(CC(=O)O)n2c1. The van der Waals surface area contributed by atoms with Crippen LogP contribution in [0.3, 0.4) is 0 Å². The van der Waals surface area contributed by atoms with Crippen LogP contribution in [0.5, 0.6) is 0 Å². The fourth-order valence-electron chi connectivity index (χ4n) is 2.34. The van der Waals surface area contributed by atoms with Crippen molar-refractivity contribution in [3.8, 4) is 11.3 Å². The zero-order chi connectivity index (χ0) is 14.1. The number of carbonyl (C=O) groups is 1. The van der Waals surface area contributed by atoms with E-state index in [-0.39, 0.29) is 6.42 Å². The van der Waals surface area contributed by atoms with E-state index in [2.05, 4.69) is 4.98 Å². The number of nitrogens with zero attached hydrogens (tertiary/aromatic N) is 2. The van der Waals surface area contributed by atoms with E-state index in [0.717, 1.165) is 22.5 Å². The number of carboxylic acids is 1. The van der Waals surface area contributed by atoms with Gasteiger partial charge in [0.05, 0.1) is 17.8 Å². The summed E-state index contributed by atoms with van der Waals surface area (Å²) in [6.45, 7) is 1.98. The van der Waals surface area contributed by atoms with Crippen LogP contribution in [0.15, 0.2) is 48.7 Å². The van der Waals surface area contributed by atoms with E-state index in [1.807, 2.05) is 60.0 Å². The molecule has 0 bridgehead atoms. The largest absolute Gasteiger partial charge is 0.481 e. The van der Waals surface area contributed by atoms with Gasteiger partial charge in [-0.25, -0.2) is 4.98 Å². The number of fused-ring (bicyclic) bond motifs is 1. The number of aromatic nitrogens is 2. The van der Waals surface area contributed by atoms with Crippen LogP contribution < -0.4 is 0 Å². The molecule has 0 aliphatic heterocycles. The van der Waals surface area contributed by atoms with Crippen molar-refractivity contribution in [1.29, 1.82) is 0 Å². The second kappa shape index (κ2) is 4.81. The Morgan fingerprint density at radius 3 is 2.65 bits per heavy atom. The van der Waals surface area contributed by atoms with Crippen LogP contribution in [0.4, 0.5) is 0 Å². The number of pyridine rings is 1. The summed E-state index contributed by atoms with van der Waals surface area (Å²) in [6, 6.07) is 13.6. The molecular weight excluding hydrogens is 252 g/mol. The predicted molar refractivity (Wildman–Crippen MR) is 76.7 cm³/mol. The molecule has 2 heterocycles. The topological polar surface area (TPSA) is 54.6 Å². The molecule has 2 aromatic heterocycles. The van der Waals surface area contributed by atoms with Gasteiger partial charge in [-0.05, 0) is 18.6 Å². The molecule has 0 amide bonds. The number of hydrogen-bond donors (Lipinski definition) is 1. The minimum atomic E-state index is -0.856. The molecule has 0 atom stereocenters. The maximum atomic E-state index is 11.1. The average molecular weight is 266 g/mol. The third-order valence-corrected chi connectivity index (χ3v) is 3.23. The first-order valence-corrected chi connectivity index (χ1v) is 6.40. The standard InChI is InChI=1S/C16H14N2O2/c1-11-7-8-14-17-16(12-5-3-2-4-6-12)13(9-15(19)20)18(14)10-11/h2-8,10H,9H2,1H3,(H,19,20). The van der Waals surface area contributed by atoms with E-state index in [4.69, 9.17) is 5.11 Å². The lowest BCUT2D eigenvalue weighted by Crippen LogP contribution is -2.04. The monoisotopic (exact) mass is 266 g/mol. The highest BCUT2D eigenvalue weighted by Crippen LogP contribution is 2.25. The minimum absolute atomic E-state index is 0.0468. The highest BCUT2D eigenvalue weighted by molar-refractivity contribution is 5.76. The highest BCUT2D eigenvalue weighted by atomic mass is 16.4. The van der Waals surface area contributed by atoms with Crippen molar-refractivity contribution in [2.45, 2.75) is 13.3 Å². The molecule has 0 aliphatic carbocycles. The maximum absolute atomic E-state index is 11.1. The number of carboxylic acid groups (broad SMARTS) is 1. The van der Waals surface area contributed by atoms with Crippen molar-refractivity contribution in [2.75, 3.05) is 0 Å². The lowest BCUT2D eigenvalue weighted by Gasteiger charge is -2.03. The smallest absolute Gasteiger partial charge is 0.309 e. The van der Waals surface area contributed by atoms with Gasteiger partial charge in [-0.3, -0.25) is 4.79 Å². The van der Waals surface area contributed by atoms with Gasteiger partial charge in [0.25, 0.3) is 0 Å². The molecule has 4 nitrogen and oxygen atoms in total. The Morgan fingerprint density at radius 2 is 1.95 bits per heavy atom. The zero-order valence-corrected chi connectivity index (χ0v) is 11.1. The van der Waals surface area contributed by atoms with Gasteiger partial charge in [-0.1, -0.05) is 36.4 Å². The van der Waals surface area contributed by atoms with Crippen LogP contribution in [0.25, 0.3) is 16.9 Å². The molecule has 3 aromatic rings. The number of hydrogen-bond acceptors (Lipinski definition) is 2. The Kier molecular flexibility index (Phi) is 2.99. The van der Waals surface area contributed by atoms with Gasteiger partial charge in [0.2, 0.25) is 0 Å². The number of aryl methyl sites for hydroxylation is 1. The summed E-state index contributed by atoms with van der Waals surface area (Å²) in [5, 5.41) is 9.14. The third kappa shape index (κ3) is 2.16. The fourth-order valence-corrected chi connectivity index (χ4v) is 2.34. The van der Waals surface area contributed by atoms with Crippen LogP contribution >= 0.6 is 0 Å². The molecule has 4 heteroatoms. The molecule has 3 rings (SSSR count). The molecule has 0 spiro atoms. The van der Waals surface area contributed by atoms with Crippen molar-refractivity contribution in [3.05, 3.63) is 59.9 Å². The van der Waals surface area contributed by atoms with Gasteiger partial charge < -0.3 is 9.51 Å². The predicted octanol–water partition coefficient (Wildman–Crippen LogP) is 2.94. The van der Waals surface area contributed by atoms with E-state index in [0.29, 0.717) is 5.69 Å². The first kappa shape index (κ1) is 12.4. The highest BCUT2D eigenvalue weighted by Gasteiger charge is 2.16. The van der Waals surface area contributed by atoms with Gasteiger partial charge in [0, 0.05) is 11.8 Å². The van der Waals surface area contributed by atoms with Gasteiger partial charge in [-0.2, -0.15) is 0 Å². The van der Waals surface area contributed by atoms with Crippen LogP contribution in [-0.2, 0) is 11.2 Å². The molecule has 20 heavy (non-hydrogen) atoms. The van der Waals surface area contributed by atoms with Crippen LogP contribution in [0.2, 0.25) is 0 Å². The number of aliphatic carboxylic acids is 1. The third-order valence-electron chi connectivity index (χ3n) is 3.23. The Hall–Kier alpha value is -2.62. The molecule has 0 saturated heterocycles. The lowest BCUT2D eigenvalue weighted by atomic mass is 10.1. The summed E-state index contributed by atoms with van der Waals surface area (Å²) in [7, 11) is 0. The number of benzene rings is 1. The molecule has 1 N–H and O–H groups in total.